The second-order valence-corrected chi connectivity index (χ2v) is 6.68. The maximum Gasteiger partial charge on any atom is 0.291 e. The summed E-state index contributed by atoms with van der Waals surface area (Å²) in [4.78, 5) is 17.4. The van der Waals surface area contributed by atoms with Crippen LogP contribution in [0.5, 0.6) is 5.75 Å². The van der Waals surface area contributed by atoms with E-state index in [0.717, 1.165) is 11.3 Å². The molecular weight excluding hydrogens is 365 g/mol. The smallest absolute Gasteiger partial charge is 0.291 e. The molecule has 2 aromatic carbocycles. The molecule has 0 aliphatic rings. The zero-order valence-corrected chi connectivity index (χ0v) is 15.1. The number of allylic oxidation sites excluding steroid dienone is 1. The number of halogens is 1. The van der Waals surface area contributed by atoms with Gasteiger partial charge in [0.2, 0.25) is 4.96 Å². The molecule has 0 N–H and O–H groups in total. The van der Waals surface area contributed by atoms with Gasteiger partial charge in [0.25, 0.3) is 5.56 Å². The molecule has 0 bridgehead atoms. The van der Waals surface area contributed by atoms with Gasteiger partial charge in [0, 0.05) is 11.1 Å². The highest BCUT2D eigenvalue weighted by molar-refractivity contribution is 7.15. The first-order valence-electron chi connectivity index (χ1n) is 8.12. The van der Waals surface area contributed by atoms with Gasteiger partial charge >= 0.3 is 0 Å². The quantitative estimate of drug-likeness (QED) is 0.547. The molecule has 0 saturated heterocycles. The molecule has 2 heterocycles. The predicted octanol–water partition coefficient (Wildman–Crippen LogP) is 3.18. The number of benzene rings is 2. The Bertz CT molecular complexity index is 1240. The van der Waals surface area contributed by atoms with Crippen LogP contribution < -0.4 is 14.8 Å². The second-order valence-electron chi connectivity index (χ2n) is 5.68. The van der Waals surface area contributed by atoms with Crippen LogP contribution in [0, 0.1) is 5.82 Å². The lowest BCUT2D eigenvalue weighted by atomic mass is 10.2. The maximum absolute atomic E-state index is 13.0. The molecule has 2 aromatic heterocycles. The van der Waals surface area contributed by atoms with Crippen molar-refractivity contribution in [3.05, 3.63) is 80.9 Å². The van der Waals surface area contributed by atoms with Gasteiger partial charge in [-0.1, -0.05) is 41.7 Å². The van der Waals surface area contributed by atoms with E-state index in [-0.39, 0.29) is 11.4 Å². The van der Waals surface area contributed by atoms with Crippen molar-refractivity contribution < 1.29 is 9.13 Å². The van der Waals surface area contributed by atoms with Crippen molar-refractivity contribution in [3.8, 4) is 17.1 Å². The van der Waals surface area contributed by atoms with Gasteiger partial charge in [-0.05, 0) is 36.4 Å². The SMILES string of the molecule is COc1ccccc1/C=C/C=c1/sc2nc(-c3ccc(F)cc3)nn2c1=O. The molecule has 0 atom stereocenters. The van der Waals surface area contributed by atoms with Crippen molar-refractivity contribution in [2.45, 2.75) is 0 Å². The molecule has 4 rings (SSSR count). The van der Waals surface area contributed by atoms with E-state index >= 15 is 0 Å². The highest BCUT2D eigenvalue weighted by Crippen LogP contribution is 2.19. The van der Waals surface area contributed by atoms with Crippen LogP contribution in [-0.2, 0) is 0 Å². The van der Waals surface area contributed by atoms with E-state index in [1.165, 1.54) is 28.0 Å². The summed E-state index contributed by atoms with van der Waals surface area (Å²) in [6, 6.07) is 13.5. The Morgan fingerprint density at radius 3 is 2.67 bits per heavy atom. The number of nitrogens with zero attached hydrogens (tertiary/aromatic N) is 3. The zero-order valence-electron chi connectivity index (χ0n) is 14.3. The van der Waals surface area contributed by atoms with Gasteiger partial charge in [-0.25, -0.2) is 4.39 Å². The lowest BCUT2D eigenvalue weighted by Gasteiger charge is -2.02. The Morgan fingerprint density at radius 1 is 1.15 bits per heavy atom. The molecule has 5 nitrogen and oxygen atoms in total. The Morgan fingerprint density at radius 2 is 1.93 bits per heavy atom. The van der Waals surface area contributed by atoms with Crippen molar-refractivity contribution in [1.82, 2.24) is 14.6 Å². The molecule has 0 amide bonds. The fraction of sp³-hybridized carbons (Fsp3) is 0.0500. The number of hydrogen-bond acceptors (Lipinski definition) is 5. The van der Waals surface area contributed by atoms with Gasteiger partial charge in [-0.3, -0.25) is 4.79 Å². The third kappa shape index (κ3) is 3.37. The second kappa shape index (κ2) is 7.13. The summed E-state index contributed by atoms with van der Waals surface area (Å²) in [6.07, 6.45) is 5.40. The topological polar surface area (TPSA) is 56.5 Å². The predicted molar refractivity (Wildman–Crippen MR) is 104 cm³/mol. The molecule has 0 aliphatic heterocycles. The van der Waals surface area contributed by atoms with Crippen molar-refractivity contribution in [2.24, 2.45) is 0 Å². The molecule has 0 saturated carbocycles. The third-order valence-corrected chi connectivity index (χ3v) is 4.92. The van der Waals surface area contributed by atoms with Gasteiger partial charge < -0.3 is 4.74 Å². The van der Waals surface area contributed by atoms with Crippen LogP contribution in [0.2, 0.25) is 0 Å². The average Bonchev–Trinajstić information content (AvgIpc) is 3.22. The first kappa shape index (κ1) is 17.1. The van der Waals surface area contributed by atoms with E-state index in [2.05, 4.69) is 10.1 Å². The monoisotopic (exact) mass is 379 g/mol. The third-order valence-electron chi connectivity index (χ3n) is 3.95. The minimum Gasteiger partial charge on any atom is -0.496 e. The summed E-state index contributed by atoms with van der Waals surface area (Å²) in [6.45, 7) is 0. The maximum atomic E-state index is 13.0. The molecule has 7 heteroatoms. The highest BCUT2D eigenvalue weighted by Gasteiger charge is 2.11. The van der Waals surface area contributed by atoms with Crippen LogP contribution in [-0.4, -0.2) is 21.7 Å². The summed E-state index contributed by atoms with van der Waals surface area (Å²) in [5.74, 6) is 0.827. The van der Waals surface area contributed by atoms with Gasteiger partial charge in [0.1, 0.15) is 11.6 Å². The van der Waals surface area contributed by atoms with E-state index in [0.29, 0.717) is 20.9 Å². The number of hydrogen-bond donors (Lipinski definition) is 0. The fourth-order valence-corrected chi connectivity index (χ4v) is 3.47. The van der Waals surface area contributed by atoms with Crippen LogP contribution in [0.15, 0.2) is 59.4 Å². The lowest BCUT2D eigenvalue weighted by molar-refractivity contribution is 0.414. The molecule has 0 fully saturated rings. The van der Waals surface area contributed by atoms with E-state index in [1.807, 2.05) is 30.3 Å². The fourth-order valence-electron chi connectivity index (χ4n) is 2.61. The standard InChI is InChI=1S/C20H14FN3O2S/c1-26-16-7-3-2-5-13(16)6-4-8-17-19(25)24-20(27-17)22-18(23-24)14-9-11-15(21)12-10-14/h2-12H,1H3/b6-4+,17-8+. The molecule has 4 aromatic rings. The Balaban J connectivity index is 1.67. The summed E-state index contributed by atoms with van der Waals surface area (Å²) in [5.41, 5.74) is 1.34. The van der Waals surface area contributed by atoms with Gasteiger partial charge in [0.15, 0.2) is 5.82 Å². The first-order chi connectivity index (χ1) is 13.2. The Labute approximate surface area is 157 Å². The van der Waals surface area contributed by atoms with E-state index in [1.54, 1.807) is 31.4 Å². The summed E-state index contributed by atoms with van der Waals surface area (Å²) in [7, 11) is 1.62. The average molecular weight is 379 g/mol. The van der Waals surface area contributed by atoms with E-state index in [4.69, 9.17) is 4.74 Å². The largest absolute Gasteiger partial charge is 0.496 e. The molecule has 0 unspecified atom stereocenters. The van der Waals surface area contributed by atoms with Crippen molar-refractivity contribution >= 4 is 28.4 Å². The number of ether oxygens (including phenoxy) is 1. The summed E-state index contributed by atoms with van der Waals surface area (Å²) in [5, 5.41) is 4.24. The summed E-state index contributed by atoms with van der Waals surface area (Å²) < 4.78 is 20.1. The highest BCUT2D eigenvalue weighted by atomic mass is 32.1. The number of thiazole rings is 1. The van der Waals surface area contributed by atoms with Crippen molar-refractivity contribution in [2.75, 3.05) is 7.11 Å². The molecule has 27 heavy (non-hydrogen) atoms. The molecule has 0 radical (unpaired) electrons. The minimum atomic E-state index is -0.331. The van der Waals surface area contributed by atoms with Gasteiger partial charge in [-0.2, -0.15) is 9.50 Å². The van der Waals surface area contributed by atoms with Crippen molar-refractivity contribution in [3.63, 3.8) is 0 Å². The van der Waals surface area contributed by atoms with Crippen LogP contribution in [0.4, 0.5) is 4.39 Å². The van der Waals surface area contributed by atoms with Crippen LogP contribution in [0.25, 0.3) is 28.5 Å². The lowest BCUT2D eigenvalue weighted by Crippen LogP contribution is -2.23. The number of methoxy groups -OCH3 is 1. The van der Waals surface area contributed by atoms with Crippen molar-refractivity contribution in [1.29, 1.82) is 0 Å². The van der Waals surface area contributed by atoms with Crippen LogP contribution in [0.1, 0.15) is 5.56 Å². The van der Waals surface area contributed by atoms with Crippen LogP contribution >= 0.6 is 11.3 Å². The Hall–Kier alpha value is -3.32. The number of para-hydroxylation sites is 1. The van der Waals surface area contributed by atoms with Gasteiger partial charge in [-0.15, -0.1) is 5.10 Å². The van der Waals surface area contributed by atoms with E-state index in [9.17, 15) is 9.18 Å². The summed E-state index contributed by atoms with van der Waals surface area (Å²) >= 11 is 1.25. The first-order valence-corrected chi connectivity index (χ1v) is 8.94. The zero-order chi connectivity index (χ0) is 18.8. The number of aromatic nitrogens is 3. The molecule has 0 aliphatic carbocycles. The normalized spacial score (nSPS) is 12.3. The Kier molecular flexibility index (Phi) is 4.52. The van der Waals surface area contributed by atoms with Crippen LogP contribution in [0.3, 0.4) is 0 Å². The number of rotatable bonds is 4. The van der Waals surface area contributed by atoms with E-state index < -0.39 is 0 Å². The van der Waals surface area contributed by atoms with Gasteiger partial charge in [0.05, 0.1) is 11.6 Å². The number of fused-ring (bicyclic) bond motifs is 1. The molecule has 0 spiro atoms. The molecular formula is C20H14FN3O2S. The minimum absolute atomic E-state index is 0.236. The molecule has 134 valence electrons.